The van der Waals surface area contributed by atoms with Gasteiger partial charge in [-0.3, -0.25) is 0 Å². The zero-order chi connectivity index (χ0) is 13.1. The normalized spacial score (nSPS) is 26.6. The number of alkyl halides is 3. The molecule has 1 saturated heterocycles. The number of rotatable bonds is 2. The summed E-state index contributed by atoms with van der Waals surface area (Å²) in [5, 5.41) is 2.47. The van der Waals surface area contributed by atoms with Crippen molar-refractivity contribution in [1.29, 1.82) is 0 Å². The summed E-state index contributed by atoms with van der Waals surface area (Å²) >= 11 is 0. The van der Waals surface area contributed by atoms with E-state index in [1.807, 2.05) is 14.0 Å². The molecule has 0 bridgehead atoms. The largest absolute Gasteiger partial charge is 0.440 e. The van der Waals surface area contributed by atoms with Crippen LogP contribution in [0.4, 0.5) is 18.0 Å². The average molecular weight is 254 g/mol. The second kappa shape index (κ2) is 5.57. The zero-order valence-electron chi connectivity index (χ0n) is 9.88. The number of nitrogens with one attached hydrogen (secondary N) is 1. The second-order valence-corrected chi connectivity index (χ2v) is 4.47. The lowest BCUT2D eigenvalue weighted by Gasteiger charge is -2.34. The quantitative estimate of drug-likeness (QED) is 0.814. The van der Waals surface area contributed by atoms with Gasteiger partial charge in [0.1, 0.15) is 0 Å². The predicted molar refractivity (Wildman–Crippen MR) is 55.6 cm³/mol. The van der Waals surface area contributed by atoms with E-state index in [1.165, 1.54) is 0 Å². The van der Waals surface area contributed by atoms with Crippen LogP contribution in [0.1, 0.15) is 13.3 Å². The molecule has 17 heavy (non-hydrogen) atoms. The van der Waals surface area contributed by atoms with E-state index >= 15 is 0 Å². The average Bonchev–Trinajstić information content (AvgIpc) is 2.18. The summed E-state index contributed by atoms with van der Waals surface area (Å²) in [7, 11) is 1.97. The Kier molecular flexibility index (Phi) is 4.62. The minimum atomic E-state index is -4.48. The van der Waals surface area contributed by atoms with Gasteiger partial charge in [-0.1, -0.05) is 6.92 Å². The van der Waals surface area contributed by atoms with Crippen molar-refractivity contribution in [2.24, 2.45) is 5.92 Å². The van der Waals surface area contributed by atoms with Gasteiger partial charge < -0.3 is 15.0 Å². The van der Waals surface area contributed by atoms with Gasteiger partial charge in [0, 0.05) is 12.6 Å². The molecule has 1 rings (SSSR count). The standard InChI is InChI=1S/C10H17F3N2O2/c1-7-5-15(2)4-3-8(7)14-9(16)17-6-10(11,12)13/h7-8H,3-6H2,1-2H3,(H,14,16). The second-order valence-electron chi connectivity index (χ2n) is 4.47. The number of ether oxygens (including phenoxy) is 1. The molecule has 100 valence electrons. The van der Waals surface area contributed by atoms with E-state index in [0.717, 1.165) is 19.5 Å². The van der Waals surface area contributed by atoms with Gasteiger partial charge in [-0.2, -0.15) is 13.2 Å². The molecular weight excluding hydrogens is 237 g/mol. The molecule has 4 nitrogen and oxygen atoms in total. The third-order valence-electron chi connectivity index (χ3n) is 2.78. The molecule has 0 spiro atoms. The minimum absolute atomic E-state index is 0.119. The number of amides is 1. The molecule has 7 heteroatoms. The van der Waals surface area contributed by atoms with Crippen LogP contribution in [0.5, 0.6) is 0 Å². The van der Waals surface area contributed by atoms with E-state index in [-0.39, 0.29) is 12.0 Å². The van der Waals surface area contributed by atoms with E-state index in [2.05, 4.69) is 15.0 Å². The first-order chi connectivity index (χ1) is 7.78. The van der Waals surface area contributed by atoms with Crippen molar-refractivity contribution in [3.8, 4) is 0 Å². The Balaban J connectivity index is 2.31. The summed E-state index contributed by atoms with van der Waals surface area (Å²) in [5.41, 5.74) is 0. The maximum absolute atomic E-state index is 11.8. The van der Waals surface area contributed by atoms with Gasteiger partial charge in [0.05, 0.1) is 0 Å². The van der Waals surface area contributed by atoms with Gasteiger partial charge in [0.25, 0.3) is 0 Å². The molecule has 0 saturated carbocycles. The van der Waals surface area contributed by atoms with Crippen LogP contribution in [-0.2, 0) is 4.74 Å². The number of hydrogen-bond acceptors (Lipinski definition) is 3. The fourth-order valence-electron chi connectivity index (χ4n) is 1.91. The molecule has 0 aromatic heterocycles. The molecule has 0 radical (unpaired) electrons. The van der Waals surface area contributed by atoms with Crippen molar-refractivity contribution >= 4 is 6.09 Å². The van der Waals surface area contributed by atoms with Gasteiger partial charge in [-0.15, -0.1) is 0 Å². The fourth-order valence-corrected chi connectivity index (χ4v) is 1.91. The number of nitrogens with zero attached hydrogens (tertiary/aromatic N) is 1. The molecule has 1 aliphatic heterocycles. The molecule has 0 aliphatic carbocycles. The molecule has 1 aliphatic rings. The van der Waals surface area contributed by atoms with Gasteiger partial charge in [0.2, 0.25) is 0 Å². The van der Waals surface area contributed by atoms with Crippen LogP contribution in [0.2, 0.25) is 0 Å². The summed E-state index contributed by atoms with van der Waals surface area (Å²) in [5.74, 6) is 0.201. The van der Waals surface area contributed by atoms with Crippen molar-refractivity contribution in [1.82, 2.24) is 10.2 Å². The molecule has 0 aromatic rings. The third-order valence-corrected chi connectivity index (χ3v) is 2.78. The van der Waals surface area contributed by atoms with Crippen LogP contribution in [-0.4, -0.2) is 50.0 Å². The Labute approximate surface area is 98.1 Å². The summed E-state index contributed by atoms with van der Waals surface area (Å²) in [4.78, 5) is 13.3. The van der Waals surface area contributed by atoms with Gasteiger partial charge >= 0.3 is 12.3 Å². The van der Waals surface area contributed by atoms with E-state index in [4.69, 9.17) is 0 Å². The van der Waals surface area contributed by atoms with Crippen molar-refractivity contribution < 1.29 is 22.7 Å². The third kappa shape index (κ3) is 5.25. The highest BCUT2D eigenvalue weighted by molar-refractivity contribution is 5.67. The van der Waals surface area contributed by atoms with E-state index in [1.54, 1.807) is 0 Å². The van der Waals surface area contributed by atoms with E-state index in [9.17, 15) is 18.0 Å². The topological polar surface area (TPSA) is 41.6 Å². The molecule has 0 aromatic carbocycles. The summed E-state index contributed by atoms with van der Waals surface area (Å²) in [6.45, 7) is 2.03. The SMILES string of the molecule is CC1CN(C)CCC1NC(=O)OCC(F)(F)F. The van der Waals surface area contributed by atoms with Gasteiger partial charge in [-0.05, 0) is 25.9 Å². The van der Waals surface area contributed by atoms with Crippen molar-refractivity contribution in [2.45, 2.75) is 25.6 Å². The maximum atomic E-state index is 11.8. The fraction of sp³-hybridized carbons (Fsp3) is 0.900. The van der Waals surface area contributed by atoms with Crippen LogP contribution < -0.4 is 5.32 Å². The number of hydrogen-bond donors (Lipinski definition) is 1. The molecule has 1 amide bonds. The van der Waals surface area contributed by atoms with E-state index < -0.39 is 18.9 Å². The number of carbonyl (C=O) groups is 1. The molecular formula is C10H17F3N2O2. The van der Waals surface area contributed by atoms with Crippen LogP contribution >= 0.6 is 0 Å². The molecule has 1 N–H and O–H groups in total. The van der Waals surface area contributed by atoms with Gasteiger partial charge in [-0.25, -0.2) is 4.79 Å². The molecule has 2 unspecified atom stereocenters. The summed E-state index contributed by atoms with van der Waals surface area (Å²) < 4.78 is 39.5. The van der Waals surface area contributed by atoms with Crippen molar-refractivity contribution in [3.05, 3.63) is 0 Å². The number of carbonyl (C=O) groups excluding carboxylic acids is 1. The van der Waals surface area contributed by atoms with Crippen LogP contribution in [0.3, 0.4) is 0 Å². The highest BCUT2D eigenvalue weighted by Gasteiger charge is 2.31. The monoisotopic (exact) mass is 254 g/mol. The Hall–Kier alpha value is -0.980. The highest BCUT2D eigenvalue weighted by Crippen LogP contribution is 2.17. The Bertz CT molecular complexity index is 271. The summed E-state index contributed by atoms with van der Waals surface area (Å²) in [6, 6.07) is -0.119. The van der Waals surface area contributed by atoms with Crippen molar-refractivity contribution in [3.63, 3.8) is 0 Å². The lowest BCUT2D eigenvalue weighted by Crippen LogP contribution is -2.49. The van der Waals surface area contributed by atoms with Crippen molar-refractivity contribution in [2.75, 3.05) is 26.7 Å². The number of piperidine rings is 1. The van der Waals surface area contributed by atoms with Crippen LogP contribution in [0.25, 0.3) is 0 Å². The Morgan fingerprint density at radius 1 is 1.53 bits per heavy atom. The molecule has 2 atom stereocenters. The lowest BCUT2D eigenvalue weighted by molar-refractivity contribution is -0.160. The summed E-state index contributed by atoms with van der Waals surface area (Å²) in [6.07, 6.45) is -4.75. The van der Waals surface area contributed by atoms with Crippen LogP contribution in [0.15, 0.2) is 0 Å². The smallest absolute Gasteiger partial charge is 0.422 e. The lowest BCUT2D eigenvalue weighted by atomic mass is 9.94. The zero-order valence-corrected chi connectivity index (χ0v) is 9.88. The first kappa shape index (κ1) is 14.1. The maximum Gasteiger partial charge on any atom is 0.422 e. The Morgan fingerprint density at radius 3 is 2.71 bits per heavy atom. The highest BCUT2D eigenvalue weighted by atomic mass is 19.4. The number of likely N-dealkylation sites (tertiary alicyclic amines) is 1. The minimum Gasteiger partial charge on any atom is -0.440 e. The van der Waals surface area contributed by atoms with E-state index in [0.29, 0.717) is 0 Å². The number of halogens is 3. The first-order valence-electron chi connectivity index (χ1n) is 5.46. The number of alkyl carbamates (subject to hydrolysis) is 1. The molecule has 1 fully saturated rings. The predicted octanol–water partition coefficient (Wildman–Crippen LogP) is 1.62. The molecule has 1 heterocycles. The Morgan fingerprint density at radius 2 is 2.18 bits per heavy atom. The van der Waals surface area contributed by atoms with Gasteiger partial charge in [0.15, 0.2) is 6.61 Å². The van der Waals surface area contributed by atoms with Crippen LogP contribution in [0, 0.1) is 5.92 Å². The first-order valence-corrected chi connectivity index (χ1v) is 5.46.